The smallest absolute Gasteiger partial charge is 0.260 e. The van der Waals surface area contributed by atoms with E-state index in [1.807, 2.05) is 33.0 Å². The number of amides is 1. The third-order valence-electron chi connectivity index (χ3n) is 3.21. The molecule has 0 saturated heterocycles. The summed E-state index contributed by atoms with van der Waals surface area (Å²) in [7, 11) is 1.85. The summed E-state index contributed by atoms with van der Waals surface area (Å²) in [5.74, 6) is 1.56. The first-order chi connectivity index (χ1) is 8.54. The molecule has 98 valence electrons. The number of carbonyl (C=O) groups excluding carboxylic acids is 1. The van der Waals surface area contributed by atoms with Gasteiger partial charge in [-0.3, -0.25) is 4.79 Å². The van der Waals surface area contributed by atoms with E-state index in [1.54, 1.807) is 4.90 Å². The summed E-state index contributed by atoms with van der Waals surface area (Å²) in [6.07, 6.45) is 2.52. The molecule has 0 bridgehead atoms. The van der Waals surface area contributed by atoms with Gasteiger partial charge in [-0.1, -0.05) is 6.07 Å². The fourth-order valence-corrected chi connectivity index (χ4v) is 2.06. The van der Waals surface area contributed by atoms with E-state index >= 15 is 0 Å². The van der Waals surface area contributed by atoms with Crippen LogP contribution in [0, 0.1) is 19.8 Å². The molecule has 0 spiro atoms. The Morgan fingerprint density at radius 1 is 1.28 bits per heavy atom. The van der Waals surface area contributed by atoms with Crippen LogP contribution in [0.25, 0.3) is 0 Å². The van der Waals surface area contributed by atoms with E-state index in [2.05, 4.69) is 6.07 Å². The zero-order valence-electron chi connectivity index (χ0n) is 11.4. The summed E-state index contributed by atoms with van der Waals surface area (Å²) in [5.41, 5.74) is 2.31. The van der Waals surface area contributed by atoms with Crippen molar-refractivity contribution in [1.29, 1.82) is 0 Å². The standard InChI is InChI=1S/C15H21NO2/c1-11-6-12(2)8-14(7-11)18-10-15(17)16(3)9-13-4-5-13/h6-8,13H,4-5,9-10H2,1-3H3. The lowest BCUT2D eigenvalue weighted by Crippen LogP contribution is -2.33. The van der Waals surface area contributed by atoms with Crippen LogP contribution in [0.4, 0.5) is 0 Å². The molecule has 1 aromatic carbocycles. The Labute approximate surface area is 109 Å². The third kappa shape index (κ3) is 3.76. The minimum atomic E-state index is 0.0565. The Balaban J connectivity index is 1.84. The molecular weight excluding hydrogens is 226 g/mol. The molecule has 0 aliphatic heterocycles. The van der Waals surface area contributed by atoms with Crippen LogP contribution in [0.1, 0.15) is 24.0 Å². The maximum atomic E-state index is 11.9. The number of hydrogen-bond donors (Lipinski definition) is 0. The highest BCUT2D eigenvalue weighted by Crippen LogP contribution is 2.29. The van der Waals surface area contributed by atoms with Crippen LogP contribution in [0.5, 0.6) is 5.75 Å². The van der Waals surface area contributed by atoms with Gasteiger partial charge in [0.05, 0.1) is 0 Å². The molecule has 1 fully saturated rings. The Morgan fingerprint density at radius 3 is 2.44 bits per heavy atom. The second kappa shape index (κ2) is 5.42. The maximum Gasteiger partial charge on any atom is 0.260 e. The number of aryl methyl sites for hydroxylation is 2. The number of hydrogen-bond acceptors (Lipinski definition) is 2. The summed E-state index contributed by atoms with van der Waals surface area (Å²) in [4.78, 5) is 13.6. The first kappa shape index (κ1) is 12.9. The van der Waals surface area contributed by atoms with E-state index < -0.39 is 0 Å². The molecule has 1 aromatic rings. The summed E-state index contributed by atoms with van der Waals surface area (Å²) >= 11 is 0. The number of nitrogens with zero attached hydrogens (tertiary/aromatic N) is 1. The number of likely N-dealkylation sites (N-methyl/N-ethyl adjacent to an activating group) is 1. The van der Waals surface area contributed by atoms with Gasteiger partial charge >= 0.3 is 0 Å². The van der Waals surface area contributed by atoms with E-state index in [9.17, 15) is 4.79 Å². The van der Waals surface area contributed by atoms with Gasteiger partial charge < -0.3 is 9.64 Å². The second-order valence-corrected chi connectivity index (χ2v) is 5.33. The highest BCUT2D eigenvalue weighted by Gasteiger charge is 2.24. The number of carbonyl (C=O) groups is 1. The molecule has 0 aromatic heterocycles. The van der Waals surface area contributed by atoms with Gasteiger partial charge in [0, 0.05) is 13.6 Å². The Kier molecular flexibility index (Phi) is 3.90. The lowest BCUT2D eigenvalue weighted by Gasteiger charge is -2.17. The van der Waals surface area contributed by atoms with Crippen molar-refractivity contribution < 1.29 is 9.53 Å². The van der Waals surface area contributed by atoms with E-state index in [0.717, 1.165) is 29.3 Å². The Hall–Kier alpha value is -1.51. The monoisotopic (exact) mass is 247 g/mol. The molecule has 1 aliphatic rings. The zero-order valence-corrected chi connectivity index (χ0v) is 11.4. The van der Waals surface area contributed by atoms with Gasteiger partial charge in [-0.15, -0.1) is 0 Å². The van der Waals surface area contributed by atoms with Gasteiger partial charge in [0.1, 0.15) is 5.75 Å². The van der Waals surface area contributed by atoms with Crippen LogP contribution in [0.15, 0.2) is 18.2 Å². The van der Waals surface area contributed by atoms with Crippen molar-refractivity contribution in [3.05, 3.63) is 29.3 Å². The summed E-state index contributed by atoms with van der Waals surface area (Å²) in [6, 6.07) is 6.01. The van der Waals surface area contributed by atoms with Gasteiger partial charge in [0.15, 0.2) is 6.61 Å². The SMILES string of the molecule is Cc1cc(C)cc(OCC(=O)N(C)CC2CC2)c1. The van der Waals surface area contributed by atoms with Gasteiger partial charge in [-0.05, 0) is 55.9 Å². The fraction of sp³-hybridized carbons (Fsp3) is 0.533. The normalized spacial score (nSPS) is 14.4. The molecule has 0 radical (unpaired) electrons. The summed E-state index contributed by atoms with van der Waals surface area (Å²) < 4.78 is 5.56. The summed E-state index contributed by atoms with van der Waals surface area (Å²) in [5, 5.41) is 0. The number of ether oxygens (including phenoxy) is 1. The topological polar surface area (TPSA) is 29.5 Å². The minimum Gasteiger partial charge on any atom is -0.484 e. The second-order valence-electron chi connectivity index (χ2n) is 5.33. The minimum absolute atomic E-state index is 0.0565. The van der Waals surface area contributed by atoms with E-state index in [1.165, 1.54) is 12.8 Å². The predicted molar refractivity (Wildman–Crippen MR) is 71.8 cm³/mol. The molecule has 3 heteroatoms. The molecule has 0 heterocycles. The maximum absolute atomic E-state index is 11.9. The van der Waals surface area contributed by atoms with Crippen LogP contribution >= 0.6 is 0 Å². The molecule has 1 saturated carbocycles. The third-order valence-corrected chi connectivity index (χ3v) is 3.21. The average Bonchev–Trinajstić information content (AvgIpc) is 3.08. The van der Waals surface area contributed by atoms with Crippen molar-refractivity contribution in [2.75, 3.05) is 20.2 Å². The highest BCUT2D eigenvalue weighted by atomic mass is 16.5. The summed E-state index contributed by atoms with van der Waals surface area (Å²) in [6.45, 7) is 5.06. The van der Waals surface area contributed by atoms with Crippen LogP contribution in [-0.2, 0) is 4.79 Å². The fourth-order valence-electron chi connectivity index (χ4n) is 2.06. The van der Waals surface area contributed by atoms with Gasteiger partial charge in [-0.25, -0.2) is 0 Å². The van der Waals surface area contributed by atoms with Crippen LogP contribution < -0.4 is 4.74 Å². The van der Waals surface area contributed by atoms with Crippen molar-refractivity contribution in [2.24, 2.45) is 5.92 Å². The van der Waals surface area contributed by atoms with Gasteiger partial charge in [-0.2, -0.15) is 0 Å². The quantitative estimate of drug-likeness (QED) is 0.800. The molecule has 18 heavy (non-hydrogen) atoms. The Morgan fingerprint density at radius 2 is 1.89 bits per heavy atom. The van der Waals surface area contributed by atoms with Crippen molar-refractivity contribution >= 4 is 5.91 Å². The van der Waals surface area contributed by atoms with Crippen LogP contribution in [0.3, 0.4) is 0 Å². The molecule has 0 N–H and O–H groups in total. The molecule has 3 nitrogen and oxygen atoms in total. The first-order valence-corrected chi connectivity index (χ1v) is 6.49. The van der Waals surface area contributed by atoms with Crippen molar-refractivity contribution in [3.63, 3.8) is 0 Å². The van der Waals surface area contributed by atoms with Gasteiger partial charge in [0.2, 0.25) is 0 Å². The highest BCUT2D eigenvalue weighted by molar-refractivity contribution is 5.77. The van der Waals surface area contributed by atoms with Crippen molar-refractivity contribution in [1.82, 2.24) is 4.90 Å². The molecule has 0 unspecified atom stereocenters. The number of benzene rings is 1. The van der Waals surface area contributed by atoms with Crippen LogP contribution in [0.2, 0.25) is 0 Å². The zero-order chi connectivity index (χ0) is 13.1. The van der Waals surface area contributed by atoms with Crippen molar-refractivity contribution in [2.45, 2.75) is 26.7 Å². The van der Waals surface area contributed by atoms with Crippen molar-refractivity contribution in [3.8, 4) is 5.75 Å². The Bertz CT molecular complexity index is 418. The van der Waals surface area contributed by atoms with Crippen LogP contribution in [-0.4, -0.2) is 31.0 Å². The number of rotatable bonds is 5. The van der Waals surface area contributed by atoms with E-state index in [4.69, 9.17) is 4.74 Å². The average molecular weight is 247 g/mol. The van der Waals surface area contributed by atoms with E-state index in [-0.39, 0.29) is 12.5 Å². The molecule has 1 amide bonds. The molecule has 1 aliphatic carbocycles. The molecular formula is C15H21NO2. The molecule has 0 atom stereocenters. The molecule has 2 rings (SSSR count). The lowest BCUT2D eigenvalue weighted by molar-refractivity contribution is -0.132. The predicted octanol–water partition coefficient (Wildman–Crippen LogP) is 2.55. The van der Waals surface area contributed by atoms with E-state index in [0.29, 0.717) is 0 Å². The lowest BCUT2D eigenvalue weighted by atomic mass is 10.1. The van der Waals surface area contributed by atoms with Gasteiger partial charge in [0.25, 0.3) is 5.91 Å². The first-order valence-electron chi connectivity index (χ1n) is 6.49. The largest absolute Gasteiger partial charge is 0.484 e.